The molecule has 0 aliphatic rings. The molecule has 0 radical (unpaired) electrons. The van der Waals surface area contributed by atoms with Gasteiger partial charge in [-0.05, 0) is 46.8 Å². The highest BCUT2D eigenvalue weighted by atomic mass is 16.6. The van der Waals surface area contributed by atoms with Gasteiger partial charge in [-0.1, -0.05) is 0 Å². The Hall–Kier alpha value is -1.58. The molecule has 90 valence electrons. The van der Waals surface area contributed by atoms with E-state index in [-0.39, 0.29) is 11.4 Å². The summed E-state index contributed by atoms with van der Waals surface area (Å²) in [6, 6.07) is 0. The van der Waals surface area contributed by atoms with Gasteiger partial charge in [0.25, 0.3) is 0 Å². The van der Waals surface area contributed by atoms with Gasteiger partial charge >= 0.3 is 5.97 Å². The maximum Gasteiger partial charge on any atom is 0.340 e. The van der Waals surface area contributed by atoms with E-state index in [4.69, 9.17) is 10.5 Å². The first-order valence-corrected chi connectivity index (χ1v) is 5.02. The zero-order chi connectivity index (χ0) is 12.9. The van der Waals surface area contributed by atoms with Crippen molar-refractivity contribution in [2.75, 3.05) is 0 Å². The van der Waals surface area contributed by atoms with Gasteiger partial charge in [0, 0.05) is 5.70 Å². The predicted molar refractivity (Wildman–Crippen MR) is 62.6 cm³/mol. The van der Waals surface area contributed by atoms with Crippen LogP contribution in [0.4, 0.5) is 0 Å². The Morgan fingerprint density at radius 3 is 1.94 bits per heavy atom. The van der Waals surface area contributed by atoms with E-state index in [2.05, 4.69) is 0 Å². The molecule has 4 heteroatoms. The lowest BCUT2D eigenvalue weighted by Gasteiger charge is -2.20. The molecule has 0 heterocycles. The van der Waals surface area contributed by atoms with Crippen molar-refractivity contribution in [1.82, 2.24) is 0 Å². The van der Waals surface area contributed by atoms with Gasteiger partial charge in [-0.25, -0.2) is 4.79 Å². The summed E-state index contributed by atoms with van der Waals surface area (Å²) in [5.74, 6) is -0.674. The molecule has 0 saturated heterocycles. The zero-order valence-electron chi connectivity index (χ0n) is 10.5. The van der Waals surface area contributed by atoms with Crippen LogP contribution in [0.15, 0.2) is 23.4 Å². The molecule has 0 atom stereocenters. The van der Waals surface area contributed by atoms with E-state index < -0.39 is 11.6 Å². The van der Waals surface area contributed by atoms with Gasteiger partial charge in [-0.3, -0.25) is 4.79 Å². The highest BCUT2D eigenvalue weighted by molar-refractivity contribution is 5.95. The molecule has 0 amide bonds. The van der Waals surface area contributed by atoms with Gasteiger partial charge in [0.2, 0.25) is 0 Å². The largest absolute Gasteiger partial charge is 0.456 e. The maximum absolute atomic E-state index is 11.7. The molecule has 4 nitrogen and oxygen atoms in total. The normalized spacial score (nSPS) is 13.6. The molecule has 0 spiro atoms. The third-order valence-electron chi connectivity index (χ3n) is 1.53. The standard InChI is InChI=1S/C12H19NO3/c1-8(14)6-7-10(9(2)13)11(15)16-12(3,4)5/h6-7H,13H2,1-5H3/b7-6+,10-9-. The quantitative estimate of drug-likeness (QED) is 0.451. The van der Waals surface area contributed by atoms with E-state index in [9.17, 15) is 9.59 Å². The minimum atomic E-state index is -0.582. The van der Waals surface area contributed by atoms with Gasteiger partial charge in [-0.15, -0.1) is 0 Å². The molecular weight excluding hydrogens is 206 g/mol. The van der Waals surface area contributed by atoms with Crippen molar-refractivity contribution >= 4 is 11.8 Å². The number of carbonyl (C=O) groups excluding carboxylic acids is 2. The van der Waals surface area contributed by atoms with Crippen LogP contribution in [0.1, 0.15) is 34.6 Å². The van der Waals surface area contributed by atoms with Crippen LogP contribution in [0.5, 0.6) is 0 Å². The average molecular weight is 225 g/mol. The van der Waals surface area contributed by atoms with Crippen molar-refractivity contribution in [3.05, 3.63) is 23.4 Å². The summed E-state index contributed by atoms with van der Waals surface area (Å²) in [7, 11) is 0. The smallest absolute Gasteiger partial charge is 0.340 e. The number of allylic oxidation sites excluding steroid dienone is 2. The fourth-order valence-corrected chi connectivity index (χ4v) is 0.894. The first-order chi connectivity index (χ1) is 7.13. The van der Waals surface area contributed by atoms with Gasteiger partial charge in [0.05, 0.1) is 5.57 Å². The maximum atomic E-state index is 11.7. The van der Waals surface area contributed by atoms with Gasteiger partial charge in [0.1, 0.15) is 5.60 Å². The summed E-state index contributed by atoms with van der Waals surface area (Å²) < 4.78 is 5.15. The van der Waals surface area contributed by atoms with E-state index >= 15 is 0 Å². The number of carbonyl (C=O) groups is 2. The highest BCUT2D eigenvalue weighted by Crippen LogP contribution is 2.13. The molecule has 0 aromatic heterocycles. The number of hydrogen-bond acceptors (Lipinski definition) is 4. The highest BCUT2D eigenvalue weighted by Gasteiger charge is 2.19. The molecule has 0 aromatic rings. The second-order valence-corrected chi connectivity index (χ2v) is 4.54. The Morgan fingerprint density at radius 1 is 1.12 bits per heavy atom. The van der Waals surface area contributed by atoms with Crippen molar-refractivity contribution in [3.8, 4) is 0 Å². The number of rotatable bonds is 3. The second kappa shape index (κ2) is 5.49. The van der Waals surface area contributed by atoms with Crippen LogP contribution in [0, 0.1) is 0 Å². The number of nitrogens with two attached hydrogens (primary N) is 1. The molecular formula is C12H19NO3. The van der Waals surface area contributed by atoms with Crippen LogP contribution >= 0.6 is 0 Å². The van der Waals surface area contributed by atoms with Crippen LogP contribution in [0.25, 0.3) is 0 Å². The molecule has 16 heavy (non-hydrogen) atoms. The third kappa shape index (κ3) is 6.01. The summed E-state index contributed by atoms with van der Waals surface area (Å²) in [4.78, 5) is 22.5. The lowest BCUT2D eigenvalue weighted by molar-refractivity contribution is -0.149. The van der Waals surface area contributed by atoms with E-state index in [1.165, 1.54) is 19.1 Å². The lowest BCUT2D eigenvalue weighted by Crippen LogP contribution is -2.25. The summed E-state index contributed by atoms with van der Waals surface area (Å²) in [6.45, 7) is 8.29. The van der Waals surface area contributed by atoms with Crippen molar-refractivity contribution in [2.45, 2.75) is 40.2 Å². The molecule has 0 saturated carbocycles. The Morgan fingerprint density at radius 2 is 1.62 bits per heavy atom. The fraction of sp³-hybridized carbons (Fsp3) is 0.500. The van der Waals surface area contributed by atoms with Crippen molar-refractivity contribution in [1.29, 1.82) is 0 Å². The SMILES string of the molecule is CC(=O)/C=C/C(C(=O)OC(C)(C)C)=C(\C)N. The summed E-state index contributed by atoms with van der Waals surface area (Å²) in [6.07, 6.45) is 2.67. The Balaban J connectivity index is 4.91. The van der Waals surface area contributed by atoms with Crippen LogP contribution in [0.3, 0.4) is 0 Å². The average Bonchev–Trinajstić information content (AvgIpc) is 1.98. The molecule has 0 aromatic carbocycles. The summed E-state index contributed by atoms with van der Waals surface area (Å²) in [5.41, 5.74) is 5.52. The van der Waals surface area contributed by atoms with Crippen LogP contribution in [-0.4, -0.2) is 17.4 Å². The summed E-state index contributed by atoms with van der Waals surface area (Å²) >= 11 is 0. The lowest BCUT2D eigenvalue weighted by atomic mass is 10.1. The van der Waals surface area contributed by atoms with Crippen molar-refractivity contribution in [3.63, 3.8) is 0 Å². The Bertz CT molecular complexity index is 342. The Labute approximate surface area is 96.2 Å². The van der Waals surface area contributed by atoms with E-state index in [1.54, 1.807) is 27.7 Å². The number of hydrogen-bond donors (Lipinski definition) is 1. The molecule has 0 unspecified atom stereocenters. The fourth-order valence-electron chi connectivity index (χ4n) is 0.894. The first-order valence-electron chi connectivity index (χ1n) is 5.02. The molecule has 0 rings (SSSR count). The number of ether oxygens (including phenoxy) is 1. The topological polar surface area (TPSA) is 69.4 Å². The van der Waals surface area contributed by atoms with Gasteiger partial charge < -0.3 is 10.5 Å². The van der Waals surface area contributed by atoms with E-state index in [0.717, 1.165) is 0 Å². The van der Waals surface area contributed by atoms with Gasteiger partial charge in [-0.2, -0.15) is 0 Å². The van der Waals surface area contributed by atoms with Crippen molar-refractivity contribution in [2.24, 2.45) is 5.73 Å². The van der Waals surface area contributed by atoms with Crippen LogP contribution in [0.2, 0.25) is 0 Å². The zero-order valence-corrected chi connectivity index (χ0v) is 10.5. The first kappa shape index (κ1) is 14.4. The molecule has 2 N–H and O–H groups in total. The monoisotopic (exact) mass is 225 g/mol. The predicted octanol–water partition coefficient (Wildman–Crippen LogP) is 1.71. The number of ketones is 1. The minimum absolute atomic E-state index is 0.151. The molecule has 0 aliphatic heterocycles. The number of esters is 1. The molecule has 0 aliphatic carbocycles. The second-order valence-electron chi connectivity index (χ2n) is 4.54. The molecule has 0 bridgehead atoms. The van der Waals surface area contributed by atoms with E-state index in [1.807, 2.05) is 0 Å². The molecule has 0 fully saturated rings. The van der Waals surface area contributed by atoms with Crippen LogP contribution in [-0.2, 0) is 14.3 Å². The summed E-state index contributed by atoms with van der Waals surface area (Å²) in [5, 5.41) is 0. The van der Waals surface area contributed by atoms with Gasteiger partial charge in [0.15, 0.2) is 5.78 Å². The Kier molecular flexibility index (Phi) is 4.95. The van der Waals surface area contributed by atoms with E-state index in [0.29, 0.717) is 5.70 Å². The van der Waals surface area contributed by atoms with Crippen molar-refractivity contribution < 1.29 is 14.3 Å². The third-order valence-corrected chi connectivity index (χ3v) is 1.53. The van der Waals surface area contributed by atoms with Crippen LogP contribution < -0.4 is 5.73 Å². The minimum Gasteiger partial charge on any atom is -0.456 e.